The first-order valence-corrected chi connectivity index (χ1v) is 9.73. The Morgan fingerprint density at radius 2 is 2.08 bits per heavy atom. The van der Waals surface area contributed by atoms with Gasteiger partial charge in [-0.3, -0.25) is 4.79 Å². The molecule has 3 rings (SSSR count). The minimum atomic E-state index is -3.16. The van der Waals surface area contributed by atoms with Crippen LogP contribution >= 0.6 is 0 Å². The van der Waals surface area contributed by atoms with Crippen LogP contribution in [0.1, 0.15) is 17.7 Å². The summed E-state index contributed by atoms with van der Waals surface area (Å²) in [6.07, 6.45) is 4.69. The van der Waals surface area contributed by atoms with Crippen LogP contribution in [0.4, 0.5) is 4.39 Å². The van der Waals surface area contributed by atoms with Crippen molar-refractivity contribution in [1.29, 1.82) is 0 Å². The van der Waals surface area contributed by atoms with E-state index in [0.29, 0.717) is 17.7 Å². The molecule has 0 N–H and O–H groups in total. The van der Waals surface area contributed by atoms with E-state index in [0.717, 1.165) is 0 Å². The Kier molecular flexibility index (Phi) is 5.03. The summed E-state index contributed by atoms with van der Waals surface area (Å²) < 4.78 is 42.7. The van der Waals surface area contributed by atoms with E-state index in [1.165, 1.54) is 29.4 Å². The van der Waals surface area contributed by atoms with Crippen LogP contribution in [0.5, 0.6) is 0 Å². The van der Waals surface area contributed by atoms with Crippen LogP contribution < -0.4 is 0 Å². The molecule has 7 heteroatoms. The standard InChI is InChI=1S/C18H18FNO4S/c19-17-6-2-1-4-14(17)12-20(15-9-11-25(22,23)13-15)18(21)8-7-16-5-3-10-24-16/h1-8,10,15H,9,11-13H2/b8-7+/t15-/m0/s1. The number of benzene rings is 1. The van der Waals surface area contributed by atoms with Gasteiger partial charge in [0.25, 0.3) is 0 Å². The van der Waals surface area contributed by atoms with Gasteiger partial charge in [-0.05, 0) is 30.7 Å². The van der Waals surface area contributed by atoms with Crippen molar-refractivity contribution in [1.82, 2.24) is 4.90 Å². The summed E-state index contributed by atoms with van der Waals surface area (Å²) in [6, 6.07) is 9.11. The molecule has 2 heterocycles. The number of hydrogen-bond acceptors (Lipinski definition) is 4. The van der Waals surface area contributed by atoms with Crippen molar-refractivity contribution in [3.63, 3.8) is 0 Å². The molecule has 1 aromatic heterocycles. The summed E-state index contributed by atoms with van der Waals surface area (Å²) in [5.41, 5.74) is 0.353. The average molecular weight is 363 g/mol. The van der Waals surface area contributed by atoms with Gasteiger partial charge < -0.3 is 9.32 Å². The van der Waals surface area contributed by atoms with E-state index in [1.54, 1.807) is 30.3 Å². The lowest BCUT2D eigenvalue weighted by Crippen LogP contribution is -2.39. The monoisotopic (exact) mass is 363 g/mol. The van der Waals surface area contributed by atoms with E-state index < -0.39 is 21.7 Å². The SMILES string of the molecule is O=C(/C=C/c1ccco1)N(Cc1ccccc1F)[C@H]1CCS(=O)(=O)C1. The highest BCUT2D eigenvalue weighted by Gasteiger charge is 2.34. The largest absolute Gasteiger partial charge is 0.465 e. The fourth-order valence-electron chi connectivity index (χ4n) is 2.85. The Morgan fingerprint density at radius 1 is 1.28 bits per heavy atom. The predicted octanol–water partition coefficient (Wildman–Crippen LogP) is 2.65. The zero-order valence-corrected chi connectivity index (χ0v) is 14.3. The minimum Gasteiger partial charge on any atom is -0.465 e. The van der Waals surface area contributed by atoms with Gasteiger partial charge in [0.05, 0.1) is 17.8 Å². The second-order valence-corrected chi connectivity index (χ2v) is 8.19. The van der Waals surface area contributed by atoms with Gasteiger partial charge in [0.1, 0.15) is 11.6 Å². The Morgan fingerprint density at radius 3 is 2.72 bits per heavy atom. The number of amides is 1. The van der Waals surface area contributed by atoms with Gasteiger partial charge in [0.2, 0.25) is 5.91 Å². The number of carbonyl (C=O) groups is 1. The van der Waals surface area contributed by atoms with Crippen molar-refractivity contribution < 1.29 is 22.0 Å². The van der Waals surface area contributed by atoms with Gasteiger partial charge in [0.15, 0.2) is 9.84 Å². The number of rotatable bonds is 5. The van der Waals surface area contributed by atoms with E-state index in [2.05, 4.69) is 0 Å². The molecule has 2 aromatic rings. The van der Waals surface area contributed by atoms with Gasteiger partial charge in [0, 0.05) is 24.2 Å². The molecule has 0 aliphatic carbocycles. The molecule has 1 fully saturated rings. The van der Waals surface area contributed by atoms with Crippen LogP contribution in [0.25, 0.3) is 6.08 Å². The summed E-state index contributed by atoms with van der Waals surface area (Å²) in [5.74, 6) is -0.335. The summed E-state index contributed by atoms with van der Waals surface area (Å²) in [7, 11) is -3.16. The van der Waals surface area contributed by atoms with Crippen molar-refractivity contribution >= 4 is 21.8 Å². The highest BCUT2D eigenvalue weighted by molar-refractivity contribution is 7.91. The fourth-order valence-corrected chi connectivity index (χ4v) is 4.58. The maximum Gasteiger partial charge on any atom is 0.247 e. The molecule has 0 spiro atoms. The number of hydrogen-bond donors (Lipinski definition) is 0. The summed E-state index contributed by atoms with van der Waals surface area (Å²) in [5, 5.41) is 0. The van der Waals surface area contributed by atoms with Crippen LogP contribution in [0.15, 0.2) is 53.2 Å². The van der Waals surface area contributed by atoms with Crippen molar-refractivity contribution in [2.45, 2.75) is 19.0 Å². The van der Waals surface area contributed by atoms with E-state index in [4.69, 9.17) is 4.42 Å². The van der Waals surface area contributed by atoms with E-state index >= 15 is 0 Å². The molecular formula is C18H18FNO4S. The molecule has 1 aromatic carbocycles. The molecule has 25 heavy (non-hydrogen) atoms. The number of nitrogens with zero attached hydrogens (tertiary/aromatic N) is 1. The lowest BCUT2D eigenvalue weighted by atomic mass is 10.1. The van der Waals surface area contributed by atoms with Crippen LogP contribution in [0.2, 0.25) is 0 Å². The van der Waals surface area contributed by atoms with Crippen LogP contribution in [-0.4, -0.2) is 36.8 Å². The highest BCUT2D eigenvalue weighted by Crippen LogP contribution is 2.22. The second-order valence-electron chi connectivity index (χ2n) is 5.96. The van der Waals surface area contributed by atoms with Crippen molar-refractivity contribution in [2.75, 3.05) is 11.5 Å². The van der Waals surface area contributed by atoms with Crippen LogP contribution in [0, 0.1) is 5.82 Å². The van der Waals surface area contributed by atoms with E-state index in [1.807, 2.05) is 0 Å². The fraction of sp³-hybridized carbons (Fsp3) is 0.278. The molecule has 132 valence electrons. The summed E-state index contributed by atoms with van der Waals surface area (Å²) >= 11 is 0. The van der Waals surface area contributed by atoms with Gasteiger partial charge in [-0.25, -0.2) is 12.8 Å². The Labute approximate surface area is 145 Å². The maximum atomic E-state index is 14.0. The predicted molar refractivity (Wildman–Crippen MR) is 91.8 cm³/mol. The smallest absolute Gasteiger partial charge is 0.247 e. The van der Waals surface area contributed by atoms with Crippen LogP contribution in [0.3, 0.4) is 0 Å². The van der Waals surface area contributed by atoms with Gasteiger partial charge >= 0.3 is 0 Å². The average Bonchev–Trinajstić information content (AvgIpc) is 3.21. The number of furan rings is 1. The third kappa shape index (κ3) is 4.36. The maximum absolute atomic E-state index is 14.0. The summed E-state index contributed by atoms with van der Waals surface area (Å²) in [4.78, 5) is 14.1. The van der Waals surface area contributed by atoms with Crippen molar-refractivity contribution in [3.8, 4) is 0 Å². The lowest BCUT2D eigenvalue weighted by Gasteiger charge is -2.27. The zero-order valence-electron chi connectivity index (χ0n) is 13.5. The molecule has 0 saturated carbocycles. The van der Waals surface area contributed by atoms with Crippen LogP contribution in [-0.2, 0) is 21.2 Å². The first-order chi connectivity index (χ1) is 11.9. The Bertz CT molecular complexity index is 874. The molecule has 1 atom stereocenters. The third-order valence-electron chi connectivity index (χ3n) is 4.16. The molecule has 1 saturated heterocycles. The van der Waals surface area contributed by atoms with Crippen molar-refractivity contribution in [3.05, 3.63) is 65.9 Å². The Hall–Kier alpha value is -2.41. The molecule has 5 nitrogen and oxygen atoms in total. The molecule has 0 unspecified atom stereocenters. The molecule has 1 aliphatic rings. The quantitative estimate of drug-likeness (QED) is 0.766. The van der Waals surface area contributed by atoms with Gasteiger partial charge in [-0.2, -0.15) is 0 Å². The summed E-state index contributed by atoms with van der Waals surface area (Å²) in [6.45, 7) is 0.0220. The minimum absolute atomic E-state index is 0.0220. The third-order valence-corrected chi connectivity index (χ3v) is 5.91. The molecule has 1 aliphatic heterocycles. The van der Waals surface area contributed by atoms with Gasteiger partial charge in [-0.1, -0.05) is 18.2 Å². The number of halogens is 1. The number of sulfone groups is 1. The van der Waals surface area contributed by atoms with E-state index in [9.17, 15) is 17.6 Å². The second kappa shape index (κ2) is 7.23. The molecule has 1 amide bonds. The van der Waals surface area contributed by atoms with Crippen molar-refractivity contribution in [2.24, 2.45) is 0 Å². The molecule has 0 bridgehead atoms. The van der Waals surface area contributed by atoms with E-state index in [-0.39, 0.29) is 24.0 Å². The highest BCUT2D eigenvalue weighted by atomic mass is 32.2. The lowest BCUT2D eigenvalue weighted by molar-refractivity contribution is -0.128. The first-order valence-electron chi connectivity index (χ1n) is 7.91. The molecule has 0 radical (unpaired) electrons. The molecular weight excluding hydrogens is 345 g/mol. The van der Waals surface area contributed by atoms with Gasteiger partial charge in [-0.15, -0.1) is 0 Å². The topological polar surface area (TPSA) is 67.6 Å². The zero-order chi connectivity index (χ0) is 17.9. The number of carbonyl (C=O) groups excluding carboxylic acids is 1. The Balaban J connectivity index is 1.83. The first kappa shape index (κ1) is 17.4. The normalized spacial score (nSPS) is 19.3.